The number of carbonyl (C=O) groups is 1. The summed E-state index contributed by atoms with van der Waals surface area (Å²) in [5.41, 5.74) is 3.16. The molecule has 1 amide bonds. The van der Waals surface area contributed by atoms with Crippen LogP contribution in [0.15, 0.2) is 12.1 Å². The van der Waals surface area contributed by atoms with Gasteiger partial charge in [0.05, 0.1) is 18.2 Å². The first kappa shape index (κ1) is 11.4. The fourth-order valence-corrected chi connectivity index (χ4v) is 1.22. The number of halogens is 3. The second-order valence-electron chi connectivity index (χ2n) is 2.70. The van der Waals surface area contributed by atoms with E-state index in [0.29, 0.717) is 0 Å². The molecule has 1 rings (SSSR count). The summed E-state index contributed by atoms with van der Waals surface area (Å²) in [6, 6.07) is 1.87. The van der Waals surface area contributed by atoms with Crippen LogP contribution in [0.3, 0.4) is 0 Å². The molecule has 0 bridgehead atoms. The maximum Gasteiger partial charge on any atom is 0.268 e. The van der Waals surface area contributed by atoms with E-state index in [1.807, 2.05) is 0 Å². The van der Waals surface area contributed by atoms with Crippen LogP contribution in [-0.2, 0) is 0 Å². The maximum absolute atomic E-state index is 13.1. The Hall–Kier alpha value is -1.72. The molecule has 1 aromatic rings. The molecular formula is C9H8F3NO2. The van der Waals surface area contributed by atoms with Gasteiger partial charge >= 0.3 is 0 Å². The monoisotopic (exact) mass is 219 g/mol. The summed E-state index contributed by atoms with van der Waals surface area (Å²) in [7, 11) is 1.14. The summed E-state index contributed by atoms with van der Waals surface area (Å²) >= 11 is 0. The van der Waals surface area contributed by atoms with Crippen LogP contribution in [0.2, 0.25) is 0 Å². The molecule has 0 spiro atoms. The smallest absolute Gasteiger partial charge is 0.268 e. The van der Waals surface area contributed by atoms with E-state index in [-0.39, 0.29) is 5.75 Å². The van der Waals surface area contributed by atoms with Crippen molar-refractivity contribution in [3.63, 3.8) is 0 Å². The number of hydrogen-bond donors (Lipinski definition) is 1. The van der Waals surface area contributed by atoms with Crippen molar-refractivity contribution in [3.8, 4) is 5.75 Å². The second-order valence-corrected chi connectivity index (χ2v) is 2.70. The lowest BCUT2D eigenvalue weighted by Gasteiger charge is -2.11. The Morgan fingerprint density at radius 1 is 1.47 bits per heavy atom. The van der Waals surface area contributed by atoms with Crippen LogP contribution in [0.4, 0.5) is 13.2 Å². The van der Waals surface area contributed by atoms with Gasteiger partial charge < -0.3 is 10.5 Å². The minimum Gasteiger partial charge on any atom is -0.496 e. The quantitative estimate of drug-likeness (QED) is 0.843. The van der Waals surface area contributed by atoms with E-state index in [9.17, 15) is 18.0 Å². The molecular weight excluding hydrogens is 211 g/mol. The van der Waals surface area contributed by atoms with E-state index in [1.54, 1.807) is 0 Å². The average Bonchev–Trinajstić information content (AvgIpc) is 2.16. The summed E-state index contributed by atoms with van der Waals surface area (Å²) in [5.74, 6) is -2.60. The number of amides is 1. The molecule has 15 heavy (non-hydrogen) atoms. The van der Waals surface area contributed by atoms with Crippen molar-refractivity contribution in [2.75, 3.05) is 7.11 Å². The molecule has 0 unspecified atom stereocenters. The van der Waals surface area contributed by atoms with Crippen LogP contribution in [-0.4, -0.2) is 13.0 Å². The van der Waals surface area contributed by atoms with Gasteiger partial charge in [-0.3, -0.25) is 4.79 Å². The summed E-state index contributed by atoms with van der Waals surface area (Å²) in [5, 5.41) is 0. The Kier molecular flexibility index (Phi) is 3.18. The third-order valence-electron chi connectivity index (χ3n) is 1.84. The first-order valence-electron chi connectivity index (χ1n) is 3.93. The minimum absolute atomic E-state index is 0.264. The first-order valence-corrected chi connectivity index (χ1v) is 3.93. The Balaban J connectivity index is 3.51. The highest BCUT2D eigenvalue weighted by Crippen LogP contribution is 2.33. The van der Waals surface area contributed by atoms with Crippen LogP contribution in [0.25, 0.3) is 0 Å². The van der Waals surface area contributed by atoms with E-state index >= 15 is 0 Å². The molecule has 6 heteroatoms. The number of nitrogens with two attached hydrogens (primary N) is 1. The maximum atomic E-state index is 13.1. The molecule has 1 aromatic carbocycles. The van der Waals surface area contributed by atoms with E-state index in [1.165, 1.54) is 0 Å². The summed E-state index contributed by atoms with van der Waals surface area (Å²) in [6.07, 6.45) is -3.03. The van der Waals surface area contributed by atoms with Crippen molar-refractivity contribution >= 4 is 5.91 Å². The van der Waals surface area contributed by atoms with Crippen molar-refractivity contribution in [2.24, 2.45) is 5.73 Å². The Bertz CT molecular complexity index is 393. The van der Waals surface area contributed by atoms with E-state index in [2.05, 4.69) is 4.74 Å². The first-order chi connectivity index (χ1) is 6.99. The zero-order valence-electron chi connectivity index (χ0n) is 7.76. The summed E-state index contributed by atoms with van der Waals surface area (Å²) < 4.78 is 42.8. The van der Waals surface area contributed by atoms with Gasteiger partial charge in [-0.1, -0.05) is 0 Å². The SMILES string of the molecule is COc1ccc(F)c(C(N)=O)c1C(F)F. The number of methoxy groups -OCH3 is 1. The molecule has 0 saturated heterocycles. The second kappa shape index (κ2) is 4.20. The number of ether oxygens (including phenoxy) is 1. The Labute approximate surface area is 83.6 Å². The van der Waals surface area contributed by atoms with Crippen molar-refractivity contribution in [1.82, 2.24) is 0 Å². The van der Waals surface area contributed by atoms with Crippen molar-refractivity contribution in [1.29, 1.82) is 0 Å². The zero-order valence-corrected chi connectivity index (χ0v) is 7.76. The average molecular weight is 219 g/mol. The van der Waals surface area contributed by atoms with Gasteiger partial charge in [-0.05, 0) is 12.1 Å². The lowest BCUT2D eigenvalue weighted by atomic mass is 10.1. The minimum atomic E-state index is -3.03. The molecule has 0 aliphatic heterocycles. The van der Waals surface area contributed by atoms with Gasteiger partial charge in [-0.2, -0.15) is 0 Å². The highest BCUT2D eigenvalue weighted by Gasteiger charge is 2.25. The van der Waals surface area contributed by atoms with Crippen LogP contribution < -0.4 is 10.5 Å². The fourth-order valence-electron chi connectivity index (χ4n) is 1.22. The molecule has 0 aliphatic rings. The van der Waals surface area contributed by atoms with Gasteiger partial charge in [0.2, 0.25) is 0 Å². The predicted molar refractivity (Wildman–Crippen MR) is 46.4 cm³/mol. The standard InChI is InChI=1S/C9H8F3NO2/c1-15-5-3-2-4(10)6(9(13)14)7(5)8(11)12/h2-3,8H,1H3,(H2,13,14). The van der Waals surface area contributed by atoms with E-state index < -0.39 is 29.3 Å². The summed E-state index contributed by atoms with van der Waals surface area (Å²) in [4.78, 5) is 10.8. The molecule has 0 saturated carbocycles. The lowest BCUT2D eigenvalue weighted by molar-refractivity contribution is 0.0978. The highest BCUT2D eigenvalue weighted by atomic mass is 19.3. The molecule has 0 aromatic heterocycles. The summed E-state index contributed by atoms with van der Waals surface area (Å²) in [6.45, 7) is 0. The van der Waals surface area contributed by atoms with Crippen LogP contribution in [0.5, 0.6) is 5.75 Å². The zero-order chi connectivity index (χ0) is 11.6. The van der Waals surface area contributed by atoms with Crippen molar-refractivity contribution < 1.29 is 22.7 Å². The van der Waals surface area contributed by atoms with Crippen molar-refractivity contribution in [2.45, 2.75) is 6.43 Å². The van der Waals surface area contributed by atoms with Crippen LogP contribution >= 0.6 is 0 Å². The normalized spacial score (nSPS) is 10.5. The Morgan fingerprint density at radius 2 is 2.07 bits per heavy atom. The van der Waals surface area contributed by atoms with Gasteiger partial charge in [0.1, 0.15) is 11.6 Å². The largest absolute Gasteiger partial charge is 0.496 e. The van der Waals surface area contributed by atoms with E-state index in [4.69, 9.17) is 5.73 Å². The van der Waals surface area contributed by atoms with E-state index in [0.717, 1.165) is 19.2 Å². The molecule has 82 valence electrons. The Morgan fingerprint density at radius 3 is 2.47 bits per heavy atom. The molecule has 0 fully saturated rings. The number of alkyl halides is 2. The van der Waals surface area contributed by atoms with Gasteiger partial charge in [0, 0.05) is 0 Å². The number of hydrogen-bond acceptors (Lipinski definition) is 2. The number of primary amides is 1. The molecule has 0 heterocycles. The molecule has 0 aliphatic carbocycles. The third kappa shape index (κ3) is 2.03. The van der Waals surface area contributed by atoms with Gasteiger partial charge in [-0.25, -0.2) is 13.2 Å². The van der Waals surface area contributed by atoms with Crippen LogP contribution in [0, 0.1) is 5.82 Å². The lowest BCUT2D eigenvalue weighted by Crippen LogP contribution is -2.17. The molecule has 0 radical (unpaired) electrons. The third-order valence-corrected chi connectivity index (χ3v) is 1.84. The predicted octanol–water partition coefficient (Wildman–Crippen LogP) is 1.87. The topological polar surface area (TPSA) is 52.3 Å². The van der Waals surface area contributed by atoms with Gasteiger partial charge in [-0.15, -0.1) is 0 Å². The molecule has 0 atom stereocenters. The van der Waals surface area contributed by atoms with Crippen LogP contribution in [0.1, 0.15) is 22.3 Å². The highest BCUT2D eigenvalue weighted by molar-refractivity contribution is 5.95. The number of rotatable bonds is 3. The number of carbonyl (C=O) groups excluding carboxylic acids is 1. The number of benzene rings is 1. The van der Waals surface area contributed by atoms with Crippen molar-refractivity contribution in [3.05, 3.63) is 29.1 Å². The van der Waals surface area contributed by atoms with Gasteiger partial charge in [0.15, 0.2) is 0 Å². The molecule has 3 nitrogen and oxygen atoms in total. The fraction of sp³-hybridized carbons (Fsp3) is 0.222. The molecule has 2 N–H and O–H groups in total. The van der Waals surface area contributed by atoms with Gasteiger partial charge in [0.25, 0.3) is 12.3 Å².